The Morgan fingerprint density at radius 2 is 2.05 bits per heavy atom. The first kappa shape index (κ1) is 14.8. The van der Waals surface area contributed by atoms with Crippen LogP contribution >= 0.6 is 11.6 Å². The maximum absolute atomic E-state index is 8.84. The van der Waals surface area contributed by atoms with E-state index in [-0.39, 0.29) is 6.61 Å². The van der Waals surface area contributed by atoms with E-state index in [9.17, 15) is 0 Å². The molecule has 1 aromatic rings. The number of nitrogens with zero attached hydrogens (tertiary/aromatic N) is 1. The molecule has 0 amide bonds. The van der Waals surface area contributed by atoms with Crippen LogP contribution in [0.25, 0.3) is 0 Å². The summed E-state index contributed by atoms with van der Waals surface area (Å²) < 4.78 is 0. The van der Waals surface area contributed by atoms with Crippen LogP contribution in [0.15, 0.2) is 24.3 Å². The maximum atomic E-state index is 8.84. The van der Waals surface area contributed by atoms with Gasteiger partial charge in [-0.25, -0.2) is 0 Å². The molecular formula is C15H23ClN2O. The molecule has 1 aliphatic rings. The highest BCUT2D eigenvalue weighted by atomic mass is 35.5. The summed E-state index contributed by atoms with van der Waals surface area (Å²) in [7, 11) is 2.17. The van der Waals surface area contributed by atoms with E-state index in [0.717, 1.165) is 37.5 Å². The van der Waals surface area contributed by atoms with Crippen molar-refractivity contribution in [1.29, 1.82) is 0 Å². The van der Waals surface area contributed by atoms with E-state index in [1.807, 2.05) is 12.1 Å². The van der Waals surface area contributed by atoms with E-state index in [0.29, 0.717) is 12.0 Å². The molecule has 1 fully saturated rings. The zero-order chi connectivity index (χ0) is 13.7. The summed E-state index contributed by atoms with van der Waals surface area (Å²) in [5.74, 6) is 0.558. The summed E-state index contributed by atoms with van der Waals surface area (Å²) in [5, 5.41) is 13.2. The molecule has 1 aromatic carbocycles. The Kier molecular flexibility index (Phi) is 5.64. The van der Waals surface area contributed by atoms with Crippen molar-refractivity contribution in [2.24, 2.45) is 0 Å². The Morgan fingerprint density at radius 1 is 1.32 bits per heavy atom. The molecule has 106 valence electrons. The fraction of sp³-hybridized carbons (Fsp3) is 0.600. The van der Waals surface area contributed by atoms with Crippen LogP contribution < -0.4 is 5.32 Å². The predicted octanol–water partition coefficient (Wildman–Crippen LogP) is 2.10. The molecule has 0 radical (unpaired) electrons. The molecule has 1 aliphatic heterocycles. The van der Waals surface area contributed by atoms with Crippen molar-refractivity contribution < 1.29 is 5.11 Å². The van der Waals surface area contributed by atoms with Gasteiger partial charge in [0.25, 0.3) is 0 Å². The highest BCUT2D eigenvalue weighted by Gasteiger charge is 2.25. The first-order valence-corrected chi connectivity index (χ1v) is 7.35. The number of piperidine rings is 1. The van der Waals surface area contributed by atoms with Gasteiger partial charge in [0.2, 0.25) is 0 Å². The molecule has 2 unspecified atom stereocenters. The summed E-state index contributed by atoms with van der Waals surface area (Å²) in [5.41, 5.74) is 1.37. The number of aliphatic hydroxyl groups is 1. The largest absolute Gasteiger partial charge is 0.396 e. The Labute approximate surface area is 120 Å². The minimum absolute atomic E-state index is 0.260. The molecule has 1 saturated heterocycles. The summed E-state index contributed by atoms with van der Waals surface area (Å²) >= 11 is 5.95. The molecule has 0 aliphatic carbocycles. The third-order valence-electron chi connectivity index (χ3n) is 3.74. The van der Waals surface area contributed by atoms with Crippen molar-refractivity contribution in [3.63, 3.8) is 0 Å². The van der Waals surface area contributed by atoms with Gasteiger partial charge in [0, 0.05) is 30.8 Å². The van der Waals surface area contributed by atoms with Gasteiger partial charge in [-0.2, -0.15) is 0 Å². The Hall–Kier alpha value is -0.610. The van der Waals surface area contributed by atoms with E-state index in [1.165, 1.54) is 5.56 Å². The molecule has 0 saturated carbocycles. The van der Waals surface area contributed by atoms with Crippen LogP contribution in [0.3, 0.4) is 0 Å². The van der Waals surface area contributed by atoms with Crippen LogP contribution in [0.5, 0.6) is 0 Å². The Bertz CT molecular complexity index is 382. The number of rotatable bonds is 5. The third-order valence-corrected chi connectivity index (χ3v) is 3.99. The quantitative estimate of drug-likeness (QED) is 0.812. The van der Waals surface area contributed by atoms with Crippen LogP contribution in [0.4, 0.5) is 0 Å². The number of likely N-dealkylation sites (N-methyl/N-ethyl adjacent to an activating group) is 1. The summed E-state index contributed by atoms with van der Waals surface area (Å²) in [6.45, 7) is 3.33. The Balaban J connectivity index is 1.95. The number of nitrogens with one attached hydrogen (secondary N) is 1. The zero-order valence-electron chi connectivity index (χ0n) is 11.5. The van der Waals surface area contributed by atoms with Gasteiger partial charge in [-0.1, -0.05) is 23.7 Å². The molecule has 2 rings (SSSR count). The first-order valence-electron chi connectivity index (χ1n) is 6.97. The van der Waals surface area contributed by atoms with E-state index in [4.69, 9.17) is 16.7 Å². The molecule has 4 heteroatoms. The fourth-order valence-electron chi connectivity index (χ4n) is 2.83. The lowest BCUT2D eigenvalue weighted by Gasteiger charge is -2.36. The second-order valence-corrected chi connectivity index (χ2v) is 5.87. The van der Waals surface area contributed by atoms with Crippen LogP contribution in [0, 0.1) is 0 Å². The lowest BCUT2D eigenvalue weighted by atomic mass is 9.88. The van der Waals surface area contributed by atoms with Crippen LogP contribution in [0.2, 0.25) is 5.02 Å². The highest BCUT2D eigenvalue weighted by Crippen LogP contribution is 2.27. The first-order chi connectivity index (χ1) is 9.19. The molecule has 19 heavy (non-hydrogen) atoms. The van der Waals surface area contributed by atoms with E-state index < -0.39 is 0 Å². The molecule has 0 bridgehead atoms. The van der Waals surface area contributed by atoms with Gasteiger partial charge in [0.1, 0.15) is 0 Å². The lowest BCUT2D eigenvalue weighted by molar-refractivity contribution is 0.200. The normalized spacial score (nSPS) is 24.6. The minimum Gasteiger partial charge on any atom is -0.396 e. The number of hydrogen-bond acceptors (Lipinski definition) is 3. The van der Waals surface area contributed by atoms with Gasteiger partial charge in [0.15, 0.2) is 0 Å². The molecule has 2 atom stereocenters. The number of aliphatic hydroxyl groups excluding tert-OH is 1. The summed E-state index contributed by atoms with van der Waals surface area (Å²) in [4.78, 5) is 2.37. The van der Waals surface area contributed by atoms with Crippen molar-refractivity contribution in [1.82, 2.24) is 10.2 Å². The van der Waals surface area contributed by atoms with Crippen LogP contribution in [0.1, 0.15) is 24.3 Å². The summed E-state index contributed by atoms with van der Waals surface area (Å²) in [6, 6.07) is 8.72. The van der Waals surface area contributed by atoms with E-state index >= 15 is 0 Å². The van der Waals surface area contributed by atoms with E-state index in [2.05, 4.69) is 29.4 Å². The molecule has 2 N–H and O–H groups in total. The van der Waals surface area contributed by atoms with Crippen molar-refractivity contribution in [2.75, 3.05) is 33.3 Å². The number of halogens is 1. The maximum Gasteiger partial charge on any atom is 0.0443 e. The molecule has 3 nitrogen and oxygen atoms in total. The molecular weight excluding hydrogens is 260 g/mol. The second-order valence-electron chi connectivity index (χ2n) is 5.43. The average molecular weight is 283 g/mol. The fourth-order valence-corrected chi connectivity index (χ4v) is 2.96. The standard InChI is InChI=1S/C15H23ClN2O/c1-18-10-13(12-3-5-14(16)6-4-12)9-15(11-18)17-7-2-8-19/h3-6,13,15,17,19H,2,7-11H2,1H3. The topological polar surface area (TPSA) is 35.5 Å². The average Bonchev–Trinajstić information content (AvgIpc) is 2.39. The highest BCUT2D eigenvalue weighted by molar-refractivity contribution is 6.30. The monoisotopic (exact) mass is 282 g/mol. The van der Waals surface area contributed by atoms with Crippen LogP contribution in [-0.4, -0.2) is 49.3 Å². The Morgan fingerprint density at radius 3 is 2.74 bits per heavy atom. The zero-order valence-corrected chi connectivity index (χ0v) is 12.2. The van der Waals surface area contributed by atoms with Crippen molar-refractivity contribution in [2.45, 2.75) is 24.8 Å². The molecule has 1 heterocycles. The van der Waals surface area contributed by atoms with E-state index in [1.54, 1.807) is 0 Å². The number of hydrogen-bond donors (Lipinski definition) is 2. The van der Waals surface area contributed by atoms with Gasteiger partial charge in [-0.3, -0.25) is 0 Å². The number of benzene rings is 1. The van der Waals surface area contributed by atoms with Gasteiger partial charge >= 0.3 is 0 Å². The third kappa shape index (κ3) is 4.46. The van der Waals surface area contributed by atoms with Crippen molar-refractivity contribution in [3.8, 4) is 0 Å². The molecule has 0 aromatic heterocycles. The minimum atomic E-state index is 0.260. The number of likely N-dealkylation sites (tertiary alicyclic amines) is 1. The van der Waals surface area contributed by atoms with Gasteiger partial charge in [-0.05, 0) is 50.0 Å². The van der Waals surface area contributed by atoms with Crippen LogP contribution in [-0.2, 0) is 0 Å². The van der Waals surface area contributed by atoms with Gasteiger partial charge in [-0.15, -0.1) is 0 Å². The van der Waals surface area contributed by atoms with Gasteiger partial charge in [0.05, 0.1) is 0 Å². The van der Waals surface area contributed by atoms with Crippen molar-refractivity contribution >= 4 is 11.6 Å². The SMILES string of the molecule is CN1CC(NCCCO)CC(c2ccc(Cl)cc2)C1. The second kappa shape index (κ2) is 7.25. The van der Waals surface area contributed by atoms with Crippen molar-refractivity contribution in [3.05, 3.63) is 34.9 Å². The van der Waals surface area contributed by atoms with Gasteiger partial charge < -0.3 is 15.3 Å². The summed E-state index contributed by atoms with van der Waals surface area (Å²) in [6.07, 6.45) is 1.98. The smallest absolute Gasteiger partial charge is 0.0443 e. The predicted molar refractivity (Wildman–Crippen MR) is 79.8 cm³/mol. The lowest BCUT2D eigenvalue weighted by Crippen LogP contribution is -2.47. The molecule has 0 spiro atoms.